The first-order valence-electron chi connectivity index (χ1n) is 7.81. The first-order valence-corrected chi connectivity index (χ1v) is 8.96. The minimum absolute atomic E-state index is 0.511. The van der Waals surface area contributed by atoms with Crippen molar-refractivity contribution in [1.29, 1.82) is 0 Å². The molecule has 0 aliphatic rings. The first kappa shape index (κ1) is 17.3. The van der Waals surface area contributed by atoms with Gasteiger partial charge in [-0.15, -0.1) is 0 Å². The maximum atomic E-state index is 5.86. The second kappa shape index (κ2) is 9.90. The number of aliphatic imine (C=N–C) groups is 1. The molecule has 23 heavy (non-hydrogen) atoms. The predicted molar refractivity (Wildman–Crippen MR) is 99.8 cm³/mol. The van der Waals surface area contributed by atoms with Gasteiger partial charge in [-0.25, -0.2) is 0 Å². The zero-order valence-electron chi connectivity index (χ0n) is 13.5. The summed E-state index contributed by atoms with van der Waals surface area (Å²) in [6.45, 7) is 3.59. The molecule has 0 radical (unpaired) electrons. The van der Waals surface area contributed by atoms with Crippen LogP contribution in [-0.4, -0.2) is 29.8 Å². The summed E-state index contributed by atoms with van der Waals surface area (Å²) < 4.78 is 0. The van der Waals surface area contributed by atoms with E-state index in [4.69, 9.17) is 5.73 Å². The quantitative estimate of drug-likeness (QED) is 0.444. The van der Waals surface area contributed by atoms with Gasteiger partial charge >= 0.3 is 0 Å². The second-order valence-electron chi connectivity index (χ2n) is 5.30. The third-order valence-corrected chi connectivity index (χ3v) is 4.33. The monoisotopic (exact) mass is 328 g/mol. The van der Waals surface area contributed by atoms with Gasteiger partial charge in [0.2, 0.25) is 0 Å². The predicted octanol–water partition coefficient (Wildman–Crippen LogP) is 2.77. The molecule has 4 nitrogen and oxygen atoms in total. The van der Waals surface area contributed by atoms with Crippen LogP contribution in [0.5, 0.6) is 0 Å². The molecular formula is C18H24N4S. The Morgan fingerprint density at radius 3 is 2.78 bits per heavy atom. The van der Waals surface area contributed by atoms with Gasteiger partial charge in [0.1, 0.15) is 0 Å². The van der Waals surface area contributed by atoms with E-state index >= 15 is 0 Å². The van der Waals surface area contributed by atoms with E-state index in [9.17, 15) is 0 Å². The molecule has 0 atom stereocenters. The fourth-order valence-corrected chi connectivity index (χ4v) is 2.82. The number of rotatable bonds is 8. The van der Waals surface area contributed by atoms with Gasteiger partial charge in [-0.1, -0.05) is 35.9 Å². The number of hydrogen-bond acceptors (Lipinski definition) is 3. The van der Waals surface area contributed by atoms with Crippen molar-refractivity contribution in [3.8, 4) is 0 Å². The fraction of sp³-hybridized carbons (Fsp3) is 0.333. The highest BCUT2D eigenvalue weighted by Gasteiger charge is 1.96. The second-order valence-corrected chi connectivity index (χ2v) is 6.41. The molecule has 0 aliphatic carbocycles. The Bertz CT molecular complexity index is 596. The number of benzene rings is 1. The maximum absolute atomic E-state index is 5.86. The van der Waals surface area contributed by atoms with Crippen molar-refractivity contribution in [3.63, 3.8) is 0 Å². The summed E-state index contributed by atoms with van der Waals surface area (Å²) in [4.78, 5) is 8.61. The molecule has 1 aromatic heterocycles. The van der Waals surface area contributed by atoms with Crippen LogP contribution in [-0.2, 0) is 12.2 Å². The topological polar surface area (TPSA) is 63.3 Å². The highest BCUT2D eigenvalue weighted by molar-refractivity contribution is 7.98. The molecule has 1 aromatic carbocycles. The first-order chi connectivity index (χ1) is 11.2. The van der Waals surface area contributed by atoms with Crippen LogP contribution in [0.4, 0.5) is 0 Å². The van der Waals surface area contributed by atoms with Crippen LogP contribution in [0, 0.1) is 6.92 Å². The fourth-order valence-electron chi connectivity index (χ4n) is 2.03. The van der Waals surface area contributed by atoms with Crippen molar-refractivity contribution in [3.05, 3.63) is 65.5 Å². The number of guanidine groups is 1. The molecule has 0 fully saturated rings. The summed E-state index contributed by atoms with van der Waals surface area (Å²) >= 11 is 1.87. The minimum Gasteiger partial charge on any atom is -0.370 e. The van der Waals surface area contributed by atoms with Crippen LogP contribution in [0.1, 0.15) is 16.8 Å². The third kappa shape index (κ3) is 7.19. The summed E-state index contributed by atoms with van der Waals surface area (Å²) in [5.41, 5.74) is 9.57. The van der Waals surface area contributed by atoms with Gasteiger partial charge in [-0.05, 0) is 24.6 Å². The van der Waals surface area contributed by atoms with Crippen LogP contribution in [0.25, 0.3) is 0 Å². The lowest BCUT2D eigenvalue weighted by atomic mass is 10.2. The van der Waals surface area contributed by atoms with Gasteiger partial charge in [0.05, 0.1) is 6.54 Å². The maximum Gasteiger partial charge on any atom is 0.188 e. The van der Waals surface area contributed by atoms with Crippen LogP contribution < -0.4 is 11.1 Å². The lowest BCUT2D eigenvalue weighted by Crippen LogP contribution is -2.33. The van der Waals surface area contributed by atoms with E-state index in [1.54, 1.807) is 6.20 Å². The summed E-state index contributed by atoms with van der Waals surface area (Å²) in [7, 11) is 0. The summed E-state index contributed by atoms with van der Waals surface area (Å²) in [5, 5.41) is 3.12. The molecule has 0 spiro atoms. The van der Waals surface area contributed by atoms with E-state index in [-0.39, 0.29) is 0 Å². The number of hydrogen-bond donors (Lipinski definition) is 2. The van der Waals surface area contributed by atoms with Gasteiger partial charge < -0.3 is 11.1 Å². The third-order valence-electron chi connectivity index (χ3n) is 3.32. The molecule has 3 N–H and O–H groups in total. The smallest absolute Gasteiger partial charge is 0.188 e. The van der Waals surface area contributed by atoms with Gasteiger partial charge in [0.15, 0.2) is 5.96 Å². The Morgan fingerprint density at radius 1 is 1.22 bits per heavy atom. The highest BCUT2D eigenvalue weighted by atomic mass is 32.2. The SMILES string of the molecule is Cc1ccc(CSCCN=C(N)NCCc2ccccn2)cc1. The van der Waals surface area contributed by atoms with Gasteiger partial charge in [-0.2, -0.15) is 11.8 Å². The summed E-state index contributed by atoms with van der Waals surface area (Å²) in [6, 6.07) is 14.6. The van der Waals surface area contributed by atoms with Crippen molar-refractivity contribution in [2.75, 3.05) is 18.8 Å². The van der Waals surface area contributed by atoms with Crippen molar-refractivity contribution in [2.24, 2.45) is 10.7 Å². The molecule has 0 amide bonds. The molecule has 0 saturated heterocycles. The normalized spacial score (nSPS) is 11.4. The van der Waals surface area contributed by atoms with Crippen LogP contribution in [0.3, 0.4) is 0 Å². The summed E-state index contributed by atoms with van der Waals surface area (Å²) in [6.07, 6.45) is 2.65. The minimum atomic E-state index is 0.511. The molecule has 2 rings (SSSR count). The lowest BCUT2D eigenvalue weighted by Gasteiger charge is -2.05. The Labute approximate surface area is 142 Å². The number of pyridine rings is 1. The molecular weight excluding hydrogens is 304 g/mol. The zero-order chi connectivity index (χ0) is 16.3. The van der Waals surface area contributed by atoms with Crippen molar-refractivity contribution in [1.82, 2.24) is 10.3 Å². The molecule has 0 saturated carbocycles. The standard InChI is InChI=1S/C18H24N4S/c1-15-5-7-16(8-6-15)14-23-13-12-22-18(19)21-11-9-17-4-2-3-10-20-17/h2-8,10H,9,11-14H2,1H3,(H3,19,21,22). The van der Waals surface area contributed by atoms with Gasteiger partial charge in [-0.3, -0.25) is 9.98 Å². The average molecular weight is 328 g/mol. The Balaban J connectivity index is 1.56. The number of nitrogens with zero attached hydrogens (tertiary/aromatic N) is 2. The van der Waals surface area contributed by atoms with Crippen LogP contribution in [0.15, 0.2) is 53.7 Å². The molecule has 0 unspecified atom stereocenters. The molecule has 122 valence electrons. The van der Waals surface area contributed by atoms with Gasteiger partial charge in [0.25, 0.3) is 0 Å². The molecule has 0 bridgehead atoms. The summed E-state index contributed by atoms with van der Waals surface area (Å²) in [5.74, 6) is 2.50. The van der Waals surface area contributed by atoms with Gasteiger partial charge in [0, 0.05) is 36.4 Å². The average Bonchev–Trinajstić information content (AvgIpc) is 2.57. The Morgan fingerprint density at radius 2 is 2.04 bits per heavy atom. The Hall–Kier alpha value is -2.01. The number of aromatic nitrogens is 1. The molecule has 1 heterocycles. The zero-order valence-corrected chi connectivity index (χ0v) is 14.4. The van der Waals surface area contributed by atoms with E-state index in [1.807, 2.05) is 30.0 Å². The van der Waals surface area contributed by atoms with E-state index in [2.05, 4.69) is 46.5 Å². The highest BCUT2D eigenvalue weighted by Crippen LogP contribution is 2.12. The largest absolute Gasteiger partial charge is 0.370 e. The van der Waals surface area contributed by atoms with E-state index in [0.29, 0.717) is 5.96 Å². The molecule has 2 aromatic rings. The van der Waals surface area contributed by atoms with Crippen LogP contribution >= 0.6 is 11.8 Å². The Kier molecular flexibility index (Phi) is 7.46. The number of thioether (sulfide) groups is 1. The number of nitrogens with one attached hydrogen (secondary N) is 1. The lowest BCUT2D eigenvalue weighted by molar-refractivity contribution is 0.830. The number of nitrogens with two attached hydrogens (primary N) is 1. The number of aryl methyl sites for hydroxylation is 1. The molecule has 5 heteroatoms. The van der Waals surface area contributed by atoms with Crippen LogP contribution in [0.2, 0.25) is 0 Å². The van der Waals surface area contributed by atoms with Crippen molar-refractivity contribution < 1.29 is 0 Å². The van der Waals surface area contributed by atoms with E-state index in [1.165, 1.54) is 11.1 Å². The van der Waals surface area contributed by atoms with Crippen molar-refractivity contribution in [2.45, 2.75) is 19.1 Å². The van der Waals surface area contributed by atoms with E-state index < -0.39 is 0 Å². The molecule has 0 aliphatic heterocycles. The van der Waals surface area contributed by atoms with E-state index in [0.717, 1.165) is 36.7 Å². The van der Waals surface area contributed by atoms with Crippen molar-refractivity contribution >= 4 is 17.7 Å².